The van der Waals surface area contributed by atoms with Gasteiger partial charge in [-0.1, -0.05) is 13.5 Å². The van der Waals surface area contributed by atoms with Crippen molar-refractivity contribution in [3.05, 3.63) is 30.1 Å². The van der Waals surface area contributed by atoms with Crippen LogP contribution in [0.3, 0.4) is 0 Å². The predicted molar refractivity (Wildman–Crippen MR) is 65.9 cm³/mol. The van der Waals surface area contributed by atoms with E-state index in [0.717, 1.165) is 42.9 Å². The number of aryl methyl sites for hydroxylation is 1. The van der Waals surface area contributed by atoms with E-state index in [-0.39, 0.29) is 6.10 Å². The van der Waals surface area contributed by atoms with Crippen LogP contribution in [0.5, 0.6) is 0 Å². The molecule has 1 unspecified atom stereocenters. The van der Waals surface area contributed by atoms with Crippen LogP contribution in [0.1, 0.15) is 37.1 Å². The van der Waals surface area contributed by atoms with Gasteiger partial charge < -0.3 is 14.6 Å². The SMILES string of the molecule is C=C1c2ccn(C)c2C(O)CCN1CCC. The van der Waals surface area contributed by atoms with Crippen LogP contribution < -0.4 is 0 Å². The molecule has 0 saturated heterocycles. The number of rotatable bonds is 2. The van der Waals surface area contributed by atoms with Crippen LogP contribution in [0.25, 0.3) is 5.70 Å². The van der Waals surface area contributed by atoms with E-state index in [2.05, 4.69) is 24.5 Å². The normalized spacial score (nSPS) is 20.8. The lowest BCUT2D eigenvalue weighted by Gasteiger charge is -2.23. The zero-order valence-electron chi connectivity index (χ0n) is 10.1. The molecule has 3 heteroatoms. The Balaban J connectivity index is 2.38. The van der Waals surface area contributed by atoms with E-state index < -0.39 is 0 Å². The van der Waals surface area contributed by atoms with Gasteiger partial charge in [0.05, 0.1) is 11.8 Å². The zero-order chi connectivity index (χ0) is 11.7. The number of nitrogens with zero attached hydrogens (tertiary/aromatic N) is 2. The van der Waals surface area contributed by atoms with Crippen LogP contribution in [0.15, 0.2) is 18.8 Å². The van der Waals surface area contributed by atoms with E-state index in [0.29, 0.717) is 0 Å². The Labute approximate surface area is 97.0 Å². The van der Waals surface area contributed by atoms with Gasteiger partial charge in [0, 0.05) is 37.6 Å². The van der Waals surface area contributed by atoms with Crippen LogP contribution in [0.2, 0.25) is 0 Å². The Morgan fingerprint density at radius 2 is 2.31 bits per heavy atom. The van der Waals surface area contributed by atoms with E-state index in [1.165, 1.54) is 0 Å². The van der Waals surface area contributed by atoms with Crippen molar-refractivity contribution in [3.63, 3.8) is 0 Å². The number of aliphatic hydroxyl groups is 1. The first-order valence-electron chi connectivity index (χ1n) is 5.92. The highest BCUT2D eigenvalue weighted by Gasteiger charge is 2.24. The first kappa shape index (κ1) is 11.3. The van der Waals surface area contributed by atoms with Gasteiger partial charge in [0.15, 0.2) is 0 Å². The van der Waals surface area contributed by atoms with Crippen molar-refractivity contribution in [2.45, 2.75) is 25.9 Å². The fourth-order valence-electron chi connectivity index (χ4n) is 2.44. The second-order valence-corrected chi connectivity index (χ2v) is 4.46. The molecule has 0 saturated carbocycles. The fraction of sp³-hybridized carbons (Fsp3) is 0.538. The molecule has 0 fully saturated rings. The summed E-state index contributed by atoms with van der Waals surface area (Å²) in [4.78, 5) is 2.27. The molecular weight excluding hydrogens is 200 g/mol. The van der Waals surface area contributed by atoms with Crippen LogP contribution in [0, 0.1) is 0 Å². The third-order valence-corrected chi connectivity index (χ3v) is 3.29. The van der Waals surface area contributed by atoms with Crippen LogP contribution in [-0.4, -0.2) is 27.7 Å². The molecule has 1 aromatic rings. The lowest BCUT2D eigenvalue weighted by molar-refractivity contribution is 0.152. The van der Waals surface area contributed by atoms with Gasteiger partial charge in [0.2, 0.25) is 0 Å². The van der Waals surface area contributed by atoms with Crippen molar-refractivity contribution in [2.24, 2.45) is 7.05 Å². The lowest BCUT2D eigenvalue weighted by Crippen LogP contribution is -2.22. The average Bonchev–Trinajstić information content (AvgIpc) is 2.59. The van der Waals surface area contributed by atoms with E-state index in [1.807, 2.05) is 17.8 Å². The van der Waals surface area contributed by atoms with Crippen molar-refractivity contribution >= 4 is 5.70 Å². The second-order valence-electron chi connectivity index (χ2n) is 4.46. The summed E-state index contributed by atoms with van der Waals surface area (Å²) in [6.45, 7) is 8.24. The molecular formula is C13H20N2O. The molecule has 16 heavy (non-hydrogen) atoms. The Morgan fingerprint density at radius 1 is 1.56 bits per heavy atom. The number of aromatic nitrogens is 1. The van der Waals surface area contributed by atoms with Crippen molar-refractivity contribution in [3.8, 4) is 0 Å². The van der Waals surface area contributed by atoms with Crippen molar-refractivity contribution in [2.75, 3.05) is 13.1 Å². The Hall–Kier alpha value is -1.22. The van der Waals surface area contributed by atoms with Gasteiger partial charge in [-0.25, -0.2) is 0 Å². The van der Waals surface area contributed by atoms with Gasteiger partial charge in [-0.05, 0) is 18.9 Å². The van der Waals surface area contributed by atoms with Crippen molar-refractivity contribution in [1.82, 2.24) is 9.47 Å². The Morgan fingerprint density at radius 3 is 3.00 bits per heavy atom. The van der Waals surface area contributed by atoms with E-state index in [1.54, 1.807) is 0 Å². The minimum atomic E-state index is -0.367. The summed E-state index contributed by atoms with van der Waals surface area (Å²) in [7, 11) is 1.98. The molecule has 88 valence electrons. The molecule has 2 rings (SSSR count). The summed E-state index contributed by atoms with van der Waals surface area (Å²) < 4.78 is 2.00. The van der Waals surface area contributed by atoms with E-state index in [4.69, 9.17) is 0 Å². The number of hydrogen-bond acceptors (Lipinski definition) is 2. The molecule has 0 aromatic carbocycles. The van der Waals surface area contributed by atoms with Crippen molar-refractivity contribution < 1.29 is 5.11 Å². The van der Waals surface area contributed by atoms with Gasteiger partial charge in [-0.3, -0.25) is 0 Å². The molecule has 1 aliphatic heterocycles. The average molecular weight is 220 g/mol. The monoisotopic (exact) mass is 220 g/mol. The predicted octanol–water partition coefficient (Wildman–Crippen LogP) is 2.14. The zero-order valence-corrected chi connectivity index (χ0v) is 10.1. The summed E-state index contributed by atoms with van der Waals surface area (Å²) in [5.41, 5.74) is 3.15. The van der Waals surface area contributed by atoms with Gasteiger partial charge in [0.1, 0.15) is 0 Å². The maximum atomic E-state index is 10.1. The Kier molecular flexibility index (Phi) is 3.06. The molecule has 1 atom stereocenters. The molecule has 3 nitrogen and oxygen atoms in total. The molecule has 0 spiro atoms. The quantitative estimate of drug-likeness (QED) is 0.827. The highest BCUT2D eigenvalue weighted by molar-refractivity contribution is 5.65. The highest BCUT2D eigenvalue weighted by atomic mass is 16.3. The van der Waals surface area contributed by atoms with Gasteiger partial charge >= 0.3 is 0 Å². The summed E-state index contributed by atoms with van der Waals surface area (Å²) >= 11 is 0. The first-order valence-corrected chi connectivity index (χ1v) is 5.92. The standard InChI is InChI=1S/C13H20N2O/c1-4-7-15-9-6-12(16)13-11(10(15)2)5-8-14(13)3/h5,8,12,16H,2,4,6-7,9H2,1,3H3. The summed E-state index contributed by atoms with van der Waals surface area (Å²) in [6.07, 6.45) is 3.52. The summed E-state index contributed by atoms with van der Waals surface area (Å²) in [5, 5.41) is 10.1. The lowest BCUT2D eigenvalue weighted by atomic mass is 10.1. The molecule has 1 aliphatic rings. The van der Waals surface area contributed by atoms with Gasteiger partial charge in [-0.15, -0.1) is 0 Å². The largest absolute Gasteiger partial charge is 0.387 e. The maximum absolute atomic E-state index is 10.1. The Bertz CT molecular complexity index is 395. The van der Waals surface area contributed by atoms with E-state index in [9.17, 15) is 5.11 Å². The number of fused-ring (bicyclic) bond motifs is 1. The minimum Gasteiger partial charge on any atom is -0.387 e. The minimum absolute atomic E-state index is 0.367. The van der Waals surface area contributed by atoms with Crippen LogP contribution in [-0.2, 0) is 7.05 Å². The maximum Gasteiger partial charge on any atom is 0.0963 e. The molecule has 1 N–H and O–H groups in total. The van der Waals surface area contributed by atoms with Crippen LogP contribution >= 0.6 is 0 Å². The van der Waals surface area contributed by atoms with Gasteiger partial charge in [0.25, 0.3) is 0 Å². The molecule has 0 aliphatic carbocycles. The summed E-state index contributed by atoms with van der Waals surface area (Å²) in [6, 6.07) is 2.05. The topological polar surface area (TPSA) is 28.4 Å². The molecule has 1 aromatic heterocycles. The smallest absolute Gasteiger partial charge is 0.0963 e. The second kappa shape index (κ2) is 4.34. The van der Waals surface area contributed by atoms with Crippen LogP contribution in [0.4, 0.5) is 0 Å². The molecule has 2 heterocycles. The van der Waals surface area contributed by atoms with E-state index >= 15 is 0 Å². The molecule has 0 amide bonds. The fourth-order valence-corrected chi connectivity index (χ4v) is 2.44. The first-order chi connectivity index (χ1) is 7.65. The highest BCUT2D eigenvalue weighted by Crippen LogP contribution is 2.32. The van der Waals surface area contributed by atoms with Gasteiger partial charge in [-0.2, -0.15) is 0 Å². The number of hydrogen-bond donors (Lipinski definition) is 1. The third-order valence-electron chi connectivity index (χ3n) is 3.29. The molecule has 0 bridgehead atoms. The summed E-state index contributed by atoms with van der Waals surface area (Å²) in [5.74, 6) is 0. The number of aliphatic hydroxyl groups excluding tert-OH is 1. The molecule has 0 radical (unpaired) electrons. The van der Waals surface area contributed by atoms with Crippen molar-refractivity contribution in [1.29, 1.82) is 0 Å². The third kappa shape index (κ3) is 1.76.